The van der Waals surface area contributed by atoms with E-state index in [2.05, 4.69) is 24.3 Å². The van der Waals surface area contributed by atoms with Gasteiger partial charge in [0.1, 0.15) is 0 Å². The number of carbonyl (C=O) groups excluding carboxylic acids is 2. The summed E-state index contributed by atoms with van der Waals surface area (Å²) in [5, 5.41) is 3.01. The third kappa shape index (κ3) is 4.38. The van der Waals surface area contributed by atoms with Gasteiger partial charge < -0.3 is 10.2 Å². The van der Waals surface area contributed by atoms with E-state index in [-0.39, 0.29) is 11.7 Å². The molecule has 1 heterocycles. The molecular weight excluding hydrogens is 284 g/mol. The zero-order chi connectivity index (χ0) is 15.4. The maximum absolute atomic E-state index is 12.1. The maximum atomic E-state index is 12.1. The van der Waals surface area contributed by atoms with Crippen molar-refractivity contribution < 1.29 is 9.59 Å². The second-order valence-corrected chi connectivity index (χ2v) is 7.15. The number of ketones is 1. The van der Waals surface area contributed by atoms with Gasteiger partial charge in [0.05, 0.1) is 9.75 Å². The van der Waals surface area contributed by atoms with Crippen LogP contribution < -0.4 is 5.32 Å². The first-order valence-corrected chi connectivity index (χ1v) is 8.34. The fraction of sp³-hybridized carbons (Fsp3) is 0.625. The average molecular weight is 308 g/mol. The van der Waals surface area contributed by atoms with Gasteiger partial charge >= 0.3 is 0 Å². The Balaban J connectivity index is 1.78. The van der Waals surface area contributed by atoms with E-state index in [1.807, 2.05) is 0 Å². The highest BCUT2D eigenvalue weighted by Gasteiger charge is 2.23. The van der Waals surface area contributed by atoms with Crippen molar-refractivity contribution in [2.24, 2.45) is 5.92 Å². The van der Waals surface area contributed by atoms with Crippen LogP contribution in [0.1, 0.15) is 52.0 Å². The number of thiophene rings is 1. The highest BCUT2D eigenvalue weighted by molar-refractivity contribution is 7.15. The molecule has 1 aliphatic rings. The topological polar surface area (TPSA) is 49.4 Å². The monoisotopic (exact) mass is 308 g/mol. The van der Waals surface area contributed by atoms with Gasteiger partial charge in [0, 0.05) is 12.6 Å². The molecule has 1 amide bonds. The molecule has 1 saturated carbocycles. The summed E-state index contributed by atoms with van der Waals surface area (Å²) in [4.78, 5) is 26.9. The Labute approximate surface area is 130 Å². The van der Waals surface area contributed by atoms with Gasteiger partial charge in [0.25, 0.3) is 5.91 Å². The Morgan fingerprint density at radius 3 is 2.33 bits per heavy atom. The molecule has 1 aromatic heterocycles. The fourth-order valence-electron chi connectivity index (χ4n) is 2.84. The first kappa shape index (κ1) is 16.2. The predicted octanol–water partition coefficient (Wildman–Crippen LogP) is 2.80. The van der Waals surface area contributed by atoms with Crippen molar-refractivity contribution >= 4 is 23.0 Å². The van der Waals surface area contributed by atoms with Gasteiger partial charge in [-0.15, -0.1) is 11.3 Å². The Morgan fingerprint density at radius 2 is 1.81 bits per heavy atom. The summed E-state index contributed by atoms with van der Waals surface area (Å²) in [7, 11) is 4.27. The van der Waals surface area contributed by atoms with Crippen LogP contribution in [0.15, 0.2) is 12.1 Å². The van der Waals surface area contributed by atoms with Crippen LogP contribution in [0.5, 0.6) is 0 Å². The van der Waals surface area contributed by atoms with Gasteiger partial charge in [-0.25, -0.2) is 0 Å². The Bertz CT molecular complexity index is 502. The number of amides is 1. The standard InChI is InChI=1S/C16H24N2O2S/c1-11(19)14-8-9-15(21-14)16(20)17-10-12-4-6-13(7-5-12)18(2)3/h8-9,12-13H,4-7,10H2,1-3H3,(H,17,20). The van der Waals surface area contributed by atoms with Crippen molar-refractivity contribution in [1.29, 1.82) is 0 Å². The Hall–Kier alpha value is -1.20. The highest BCUT2D eigenvalue weighted by Crippen LogP contribution is 2.26. The Kier molecular flexibility index (Phi) is 5.53. The molecule has 0 aliphatic heterocycles. The number of carbonyl (C=O) groups is 2. The van der Waals surface area contributed by atoms with Gasteiger partial charge in [-0.05, 0) is 64.8 Å². The summed E-state index contributed by atoms with van der Waals surface area (Å²) < 4.78 is 0. The molecule has 1 fully saturated rings. The Morgan fingerprint density at radius 1 is 1.19 bits per heavy atom. The lowest BCUT2D eigenvalue weighted by atomic mass is 9.85. The van der Waals surface area contributed by atoms with E-state index in [4.69, 9.17) is 0 Å². The van der Waals surface area contributed by atoms with Crippen LogP contribution in [0.25, 0.3) is 0 Å². The van der Waals surface area contributed by atoms with Crippen molar-refractivity contribution in [1.82, 2.24) is 10.2 Å². The minimum atomic E-state index is -0.0535. The number of hydrogen-bond donors (Lipinski definition) is 1. The normalized spacial score (nSPS) is 22.3. The predicted molar refractivity (Wildman–Crippen MR) is 86.1 cm³/mol. The van der Waals surface area contributed by atoms with E-state index < -0.39 is 0 Å². The minimum absolute atomic E-state index is 0.0149. The second-order valence-electron chi connectivity index (χ2n) is 6.07. The molecule has 1 aromatic rings. The quantitative estimate of drug-likeness (QED) is 0.851. The van der Waals surface area contributed by atoms with Crippen LogP contribution in [0.3, 0.4) is 0 Å². The molecule has 0 aromatic carbocycles. The zero-order valence-electron chi connectivity index (χ0n) is 13.0. The lowest BCUT2D eigenvalue weighted by Gasteiger charge is -2.32. The molecule has 4 nitrogen and oxygen atoms in total. The van der Waals surface area contributed by atoms with Gasteiger partial charge in [-0.1, -0.05) is 0 Å². The van der Waals surface area contributed by atoms with Gasteiger partial charge in [-0.3, -0.25) is 9.59 Å². The number of nitrogens with one attached hydrogen (secondary N) is 1. The molecule has 0 bridgehead atoms. The van der Waals surface area contributed by atoms with Gasteiger partial charge in [0.15, 0.2) is 5.78 Å². The summed E-state index contributed by atoms with van der Waals surface area (Å²) in [6.45, 7) is 2.27. The van der Waals surface area contributed by atoms with Gasteiger partial charge in [-0.2, -0.15) is 0 Å². The average Bonchev–Trinajstić information content (AvgIpc) is 2.95. The fourth-order valence-corrected chi connectivity index (χ4v) is 3.66. The van der Waals surface area contributed by atoms with Crippen molar-refractivity contribution in [2.45, 2.75) is 38.6 Å². The zero-order valence-corrected chi connectivity index (χ0v) is 13.8. The first-order chi connectivity index (χ1) is 9.97. The third-order valence-corrected chi connectivity index (χ3v) is 5.46. The summed E-state index contributed by atoms with van der Waals surface area (Å²) in [5.41, 5.74) is 0. The van der Waals surface area contributed by atoms with Crippen molar-refractivity contribution in [3.8, 4) is 0 Å². The molecule has 0 atom stereocenters. The molecule has 0 radical (unpaired) electrons. The molecule has 21 heavy (non-hydrogen) atoms. The van der Waals surface area contributed by atoms with E-state index in [1.165, 1.54) is 43.9 Å². The van der Waals surface area contributed by atoms with Gasteiger partial charge in [0.2, 0.25) is 0 Å². The molecular formula is C16H24N2O2S. The van der Waals surface area contributed by atoms with Crippen LogP contribution in [0.4, 0.5) is 0 Å². The summed E-state index contributed by atoms with van der Waals surface area (Å²) >= 11 is 1.27. The molecule has 0 saturated heterocycles. The largest absolute Gasteiger partial charge is 0.351 e. The van der Waals surface area contributed by atoms with E-state index in [1.54, 1.807) is 12.1 Å². The van der Waals surface area contributed by atoms with Crippen LogP contribution in [-0.4, -0.2) is 43.3 Å². The molecule has 1 N–H and O–H groups in total. The number of nitrogens with zero attached hydrogens (tertiary/aromatic N) is 1. The molecule has 1 aliphatic carbocycles. The first-order valence-electron chi connectivity index (χ1n) is 7.52. The highest BCUT2D eigenvalue weighted by atomic mass is 32.1. The van der Waals surface area contributed by atoms with Crippen LogP contribution in [0.2, 0.25) is 0 Å². The van der Waals surface area contributed by atoms with Crippen LogP contribution >= 0.6 is 11.3 Å². The van der Waals surface area contributed by atoms with E-state index in [0.29, 0.717) is 21.7 Å². The molecule has 116 valence electrons. The van der Waals surface area contributed by atoms with Crippen molar-refractivity contribution in [3.05, 3.63) is 21.9 Å². The number of Topliss-reactive ketones (excluding diaryl/α,β-unsaturated/α-hetero) is 1. The lowest BCUT2D eigenvalue weighted by Crippen LogP contribution is -2.36. The van der Waals surface area contributed by atoms with Crippen molar-refractivity contribution in [3.63, 3.8) is 0 Å². The minimum Gasteiger partial charge on any atom is -0.351 e. The second kappa shape index (κ2) is 7.18. The molecule has 0 unspecified atom stereocenters. The maximum Gasteiger partial charge on any atom is 0.261 e. The van der Waals surface area contributed by atoms with E-state index in [0.717, 1.165) is 6.54 Å². The molecule has 5 heteroatoms. The third-order valence-electron chi connectivity index (χ3n) is 4.27. The smallest absolute Gasteiger partial charge is 0.261 e. The van der Waals surface area contributed by atoms with Crippen LogP contribution in [-0.2, 0) is 0 Å². The molecule has 2 rings (SSSR count). The number of hydrogen-bond acceptors (Lipinski definition) is 4. The van der Waals surface area contributed by atoms with E-state index >= 15 is 0 Å². The van der Waals surface area contributed by atoms with Crippen molar-refractivity contribution in [2.75, 3.05) is 20.6 Å². The lowest BCUT2D eigenvalue weighted by molar-refractivity contribution is 0.0942. The number of rotatable bonds is 5. The summed E-state index contributed by atoms with van der Waals surface area (Å²) in [6, 6.07) is 4.15. The molecule has 0 spiro atoms. The summed E-state index contributed by atoms with van der Waals surface area (Å²) in [5.74, 6) is 0.542. The van der Waals surface area contributed by atoms with E-state index in [9.17, 15) is 9.59 Å². The van der Waals surface area contributed by atoms with Crippen LogP contribution in [0, 0.1) is 5.92 Å². The SMILES string of the molecule is CC(=O)c1ccc(C(=O)NCC2CCC(N(C)C)CC2)s1. The summed E-state index contributed by atoms with van der Waals surface area (Å²) in [6.07, 6.45) is 4.76.